The van der Waals surface area contributed by atoms with Crippen LogP contribution in [-0.4, -0.2) is 19.9 Å². The van der Waals surface area contributed by atoms with E-state index in [0.29, 0.717) is 5.82 Å². The molecule has 0 spiro atoms. The van der Waals surface area contributed by atoms with E-state index in [1.165, 1.54) is 0 Å². The molecule has 3 aromatic rings. The zero-order valence-electron chi connectivity index (χ0n) is 10.7. The smallest absolute Gasteiger partial charge is 0.163 e. The Bertz CT molecular complexity index is 678. The van der Waals surface area contributed by atoms with Crippen molar-refractivity contribution in [1.29, 1.82) is 0 Å². The van der Waals surface area contributed by atoms with E-state index >= 15 is 0 Å². The molecule has 20 heavy (non-hydrogen) atoms. The van der Waals surface area contributed by atoms with Gasteiger partial charge >= 0.3 is 0 Å². The van der Waals surface area contributed by atoms with Gasteiger partial charge in [0, 0.05) is 5.69 Å². The average Bonchev–Trinajstić information content (AvgIpc) is 2.98. The Hall–Kier alpha value is -2.66. The molecule has 0 saturated carbocycles. The fourth-order valence-electron chi connectivity index (χ4n) is 1.88. The van der Waals surface area contributed by atoms with E-state index in [2.05, 4.69) is 10.2 Å². The quantitative estimate of drug-likeness (QED) is 0.789. The third-order valence-corrected chi connectivity index (χ3v) is 2.85. The minimum Gasteiger partial charge on any atom is -0.457 e. The SMILES string of the molecule is OCc1nncn1-c1ccc(Oc2ccccc2)cc1. The van der Waals surface area contributed by atoms with Gasteiger partial charge in [-0.2, -0.15) is 0 Å². The van der Waals surface area contributed by atoms with Crippen LogP contribution in [0, 0.1) is 0 Å². The molecule has 0 bridgehead atoms. The minimum absolute atomic E-state index is 0.151. The third kappa shape index (κ3) is 2.53. The van der Waals surface area contributed by atoms with Crippen LogP contribution < -0.4 is 4.74 Å². The maximum Gasteiger partial charge on any atom is 0.163 e. The lowest BCUT2D eigenvalue weighted by Crippen LogP contribution is -1.99. The van der Waals surface area contributed by atoms with Crippen LogP contribution >= 0.6 is 0 Å². The highest BCUT2D eigenvalue weighted by atomic mass is 16.5. The van der Waals surface area contributed by atoms with Crippen molar-refractivity contribution >= 4 is 0 Å². The molecule has 5 heteroatoms. The highest BCUT2D eigenvalue weighted by molar-refractivity contribution is 5.39. The maximum atomic E-state index is 9.17. The molecule has 0 unspecified atom stereocenters. The van der Waals surface area contributed by atoms with Crippen molar-refractivity contribution in [2.45, 2.75) is 6.61 Å². The zero-order chi connectivity index (χ0) is 13.8. The van der Waals surface area contributed by atoms with Gasteiger partial charge in [-0.3, -0.25) is 4.57 Å². The van der Waals surface area contributed by atoms with Crippen LogP contribution in [0.5, 0.6) is 11.5 Å². The Labute approximate surface area is 116 Å². The Morgan fingerprint density at radius 2 is 1.65 bits per heavy atom. The van der Waals surface area contributed by atoms with E-state index < -0.39 is 0 Å². The van der Waals surface area contributed by atoms with Gasteiger partial charge in [0.25, 0.3) is 0 Å². The fourth-order valence-corrected chi connectivity index (χ4v) is 1.88. The molecule has 0 aliphatic carbocycles. The predicted octanol–water partition coefficient (Wildman–Crippen LogP) is 2.55. The van der Waals surface area contributed by atoms with Crippen molar-refractivity contribution < 1.29 is 9.84 Å². The summed E-state index contributed by atoms with van der Waals surface area (Å²) in [6.07, 6.45) is 1.57. The lowest BCUT2D eigenvalue weighted by atomic mass is 10.3. The van der Waals surface area contributed by atoms with Crippen molar-refractivity contribution in [2.75, 3.05) is 0 Å². The second-order valence-electron chi connectivity index (χ2n) is 4.18. The summed E-state index contributed by atoms with van der Waals surface area (Å²) in [5.41, 5.74) is 0.875. The van der Waals surface area contributed by atoms with Crippen LogP contribution in [0.3, 0.4) is 0 Å². The van der Waals surface area contributed by atoms with Crippen molar-refractivity contribution in [3.63, 3.8) is 0 Å². The van der Waals surface area contributed by atoms with E-state index in [0.717, 1.165) is 17.2 Å². The highest BCUT2D eigenvalue weighted by Gasteiger charge is 2.05. The summed E-state index contributed by atoms with van der Waals surface area (Å²) < 4.78 is 7.45. The number of aliphatic hydroxyl groups excluding tert-OH is 1. The number of rotatable bonds is 4. The summed E-state index contributed by atoms with van der Waals surface area (Å²) in [5.74, 6) is 2.04. The van der Waals surface area contributed by atoms with Gasteiger partial charge in [-0.05, 0) is 36.4 Å². The fraction of sp³-hybridized carbons (Fsp3) is 0.0667. The van der Waals surface area contributed by atoms with Crippen molar-refractivity contribution in [1.82, 2.24) is 14.8 Å². The largest absolute Gasteiger partial charge is 0.457 e. The van der Waals surface area contributed by atoms with Gasteiger partial charge in [-0.1, -0.05) is 18.2 Å². The van der Waals surface area contributed by atoms with E-state index in [9.17, 15) is 5.11 Å². The van der Waals surface area contributed by atoms with Gasteiger partial charge in [0.1, 0.15) is 24.4 Å². The lowest BCUT2D eigenvalue weighted by Gasteiger charge is -2.08. The monoisotopic (exact) mass is 267 g/mol. The molecule has 5 nitrogen and oxygen atoms in total. The lowest BCUT2D eigenvalue weighted by molar-refractivity contribution is 0.269. The van der Waals surface area contributed by atoms with Gasteiger partial charge < -0.3 is 9.84 Å². The molecule has 0 aliphatic heterocycles. The van der Waals surface area contributed by atoms with Crippen LogP contribution in [-0.2, 0) is 6.61 Å². The first-order chi connectivity index (χ1) is 9.86. The summed E-state index contributed by atoms with van der Waals surface area (Å²) in [7, 11) is 0. The molecule has 0 radical (unpaired) electrons. The first-order valence-corrected chi connectivity index (χ1v) is 6.20. The van der Waals surface area contributed by atoms with Crippen LogP contribution in [0.25, 0.3) is 5.69 Å². The summed E-state index contributed by atoms with van der Waals surface area (Å²) in [6.45, 7) is -0.151. The second kappa shape index (κ2) is 5.54. The molecule has 100 valence electrons. The molecule has 0 atom stereocenters. The Kier molecular flexibility index (Phi) is 3.43. The second-order valence-corrected chi connectivity index (χ2v) is 4.18. The van der Waals surface area contributed by atoms with E-state index in [1.807, 2.05) is 54.6 Å². The molecule has 1 aromatic heterocycles. The Morgan fingerprint density at radius 1 is 0.950 bits per heavy atom. The Balaban J connectivity index is 1.81. The topological polar surface area (TPSA) is 60.2 Å². The molecule has 1 N–H and O–H groups in total. The summed E-state index contributed by atoms with van der Waals surface area (Å²) in [4.78, 5) is 0. The first-order valence-electron chi connectivity index (χ1n) is 6.20. The number of para-hydroxylation sites is 1. The van der Waals surface area contributed by atoms with Gasteiger partial charge in [0.05, 0.1) is 0 Å². The van der Waals surface area contributed by atoms with E-state index in [-0.39, 0.29) is 6.61 Å². The number of ether oxygens (including phenoxy) is 1. The molecule has 0 saturated heterocycles. The van der Waals surface area contributed by atoms with Crippen LogP contribution in [0.1, 0.15) is 5.82 Å². The first kappa shape index (κ1) is 12.4. The molecule has 2 aromatic carbocycles. The molecule has 1 heterocycles. The third-order valence-electron chi connectivity index (χ3n) is 2.85. The number of hydrogen-bond acceptors (Lipinski definition) is 4. The number of aromatic nitrogens is 3. The van der Waals surface area contributed by atoms with Gasteiger partial charge in [0.15, 0.2) is 5.82 Å². The predicted molar refractivity (Wildman–Crippen MR) is 73.8 cm³/mol. The van der Waals surface area contributed by atoms with E-state index in [4.69, 9.17) is 4.74 Å². The van der Waals surface area contributed by atoms with Gasteiger partial charge in [0.2, 0.25) is 0 Å². The van der Waals surface area contributed by atoms with Crippen LogP contribution in [0.15, 0.2) is 60.9 Å². The summed E-state index contributed by atoms with van der Waals surface area (Å²) in [5, 5.41) is 16.8. The van der Waals surface area contributed by atoms with Gasteiger partial charge in [-0.25, -0.2) is 0 Å². The maximum absolute atomic E-state index is 9.17. The molecule has 3 rings (SSSR count). The average molecular weight is 267 g/mol. The normalized spacial score (nSPS) is 10.4. The minimum atomic E-state index is -0.151. The van der Waals surface area contributed by atoms with Crippen molar-refractivity contribution in [3.8, 4) is 17.2 Å². The van der Waals surface area contributed by atoms with Crippen LogP contribution in [0.4, 0.5) is 0 Å². The molecular weight excluding hydrogens is 254 g/mol. The standard InChI is InChI=1S/C15H13N3O2/c19-10-15-17-16-11-18(15)12-6-8-14(9-7-12)20-13-4-2-1-3-5-13/h1-9,11,19H,10H2. The number of aliphatic hydroxyl groups is 1. The van der Waals surface area contributed by atoms with E-state index in [1.54, 1.807) is 10.9 Å². The number of benzene rings is 2. The number of hydrogen-bond donors (Lipinski definition) is 1. The van der Waals surface area contributed by atoms with Crippen molar-refractivity contribution in [2.24, 2.45) is 0 Å². The summed E-state index contributed by atoms with van der Waals surface area (Å²) in [6, 6.07) is 17.1. The van der Waals surface area contributed by atoms with Crippen LogP contribution in [0.2, 0.25) is 0 Å². The molecule has 0 aliphatic rings. The number of nitrogens with zero attached hydrogens (tertiary/aromatic N) is 3. The Morgan fingerprint density at radius 3 is 2.35 bits per heavy atom. The molecular formula is C15H13N3O2. The van der Waals surface area contributed by atoms with Gasteiger partial charge in [-0.15, -0.1) is 10.2 Å². The molecule has 0 amide bonds. The highest BCUT2D eigenvalue weighted by Crippen LogP contribution is 2.22. The van der Waals surface area contributed by atoms with Crippen molar-refractivity contribution in [3.05, 3.63) is 66.7 Å². The molecule has 0 fully saturated rings. The summed E-state index contributed by atoms with van der Waals surface area (Å²) >= 11 is 0. The zero-order valence-corrected chi connectivity index (χ0v) is 10.7.